The Morgan fingerprint density at radius 1 is 1.17 bits per heavy atom. The lowest BCUT2D eigenvalue weighted by molar-refractivity contribution is 0.0994. The predicted octanol–water partition coefficient (Wildman–Crippen LogP) is 2.52. The number of nitrogens with zero attached hydrogens (tertiary/aromatic N) is 3. The van der Waals surface area contributed by atoms with E-state index in [1.54, 1.807) is 0 Å². The van der Waals surface area contributed by atoms with Crippen LogP contribution in [-0.2, 0) is 6.54 Å². The molecule has 0 aromatic heterocycles. The Hall–Kier alpha value is -1.37. The molecule has 94 valence electrons. The van der Waals surface area contributed by atoms with Gasteiger partial charge in [0.15, 0.2) is 5.69 Å². The third-order valence-electron chi connectivity index (χ3n) is 4.14. The Bertz CT molecular complexity index is 446. The van der Waals surface area contributed by atoms with E-state index in [4.69, 9.17) is 6.57 Å². The van der Waals surface area contributed by atoms with Crippen molar-refractivity contribution in [2.45, 2.75) is 25.4 Å². The highest BCUT2D eigenvalue weighted by molar-refractivity contribution is 5.45. The van der Waals surface area contributed by atoms with E-state index in [0.717, 1.165) is 18.3 Å². The third-order valence-corrected chi connectivity index (χ3v) is 4.14. The molecule has 3 rings (SSSR count). The molecule has 1 atom stereocenters. The topological polar surface area (TPSA) is 10.8 Å². The van der Waals surface area contributed by atoms with Crippen LogP contribution in [0.25, 0.3) is 4.85 Å². The van der Waals surface area contributed by atoms with Crippen LogP contribution in [0.5, 0.6) is 0 Å². The van der Waals surface area contributed by atoms with E-state index < -0.39 is 0 Å². The van der Waals surface area contributed by atoms with Crippen molar-refractivity contribution in [3.8, 4) is 0 Å². The summed E-state index contributed by atoms with van der Waals surface area (Å²) in [5.74, 6) is 0. The number of hydrogen-bond donors (Lipinski definition) is 0. The van der Waals surface area contributed by atoms with Crippen LogP contribution in [0.15, 0.2) is 24.3 Å². The highest BCUT2D eigenvalue weighted by atomic mass is 15.3. The third kappa shape index (κ3) is 2.40. The fourth-order valence-corrected chi connectivity index (χ4v) is 3.13. The molecule has 0 spiro atoms. The van der Waals surface area contributed by atoms with Crippen molar-refractivity contribution in [1.82, 2.24) is 9.80 Å². The fraction of sp³-hybridized carbons (Fsp3) is 0.533. The van der Waals surface area contributed by atoms with Gasteiger partial charge in [0, 0.05) is 32.2 Å². The molecule has 0 aliphatic carbocycles. The van der Waals surface area contributed by atoms with E-state index in [-0.39, 0.29) is 0 Å². The molecule has 0 saturated carbocycles. The first-order valence-corrected chi connectivity index (χ1v) is 6.78. The molecule has 0 N–H and O–H groups in total. The Kier molecular flexibility index (Phi) is 3.31. The van der Waals surface area contributed by atoms with Crippen LogP contribution in [0.4, 0.5) is 5.69 Å². The summed E-state index contributed by atoms with van der Waals surface area (Å²) >= 11 is 0. The van der Waals surface area contributed by atoms with Crippen LogP contribution in [-0.4, -0.2) is 42.0 Å². The summed E-state index contributed by atoms with van der Waals surface area (Å²) in [5.41, 5.74) is 2.06. The maximum Gasteiger partial charge on any atom is 0.187 e. The predicted molar refractivity (Wildman–Crippen MR) is 72.6 cm³/mol. The molecule has 1 unspecified atom stereocenters. The standard InChI is InChI=1S/C15H19N3/c1-16-14-6-4-13(5-7-14)11-17-9-10-18-8-2-3-15(18)12-17/h4-7,15H,2-3,8-12H2. The van der Waals surface area contributed by atoms with E-state index in [1.807, 2.05) is 12.1 Å². The molecule has 0 amide bonds. The van der Waals surface area contributed by atoms with Crippen LogP contribution in [0.1, 0.15) is 18.4 Å². The lowest BCUT2D eigenvalue weighted by Gasteiger charge is -2.37. The molecule has 2 saturated heterocycles. The van der Waals surface area contributed by atoms with Gasteiger partial charge >= 0.3 is 0 Å². The van der Waals surface area contributed by atoms with Gasteiger partial charge in [-0.2, -0.15) is 0 Å². The Morgan fingerprint density at radius 2 is 2.00 bits per heavy atom. The molecule has 2 fully saturated rings. The maximum atomic E-state index is 6.96. The van der Waals surface area contributed by atoms with Crippen molar-refractivity contribution >= 4 is 5.69 Å². The van der Waals surface area contributed by atoms with Gasteiger partial charge in [-0.25, -0.2) is 4.85 Å². The molecule has 3 nitrogen and oxygen atoms in total. The van der Waals surface area contributed by atoms with Crippen molar-refractivity contribution in [2.24, 2.45) is 0 Å². The molecule has 2 aliphatic heterocycles. The largest absolute Gasteiger partial charge is 0.298 e. The minimum absolute atomic E-state index is 0.736. The minimum Gasteiger partial charge on any atom is -0.298 e. The summed E-state index contributed by atoms with van der Waals surface area (Å²) in [6, 6.07) is 8.83. The second-order valence-electron chi connectivity index (χ2n) is 5.35. The van der Waals surface area contributed by atoms with Crippen molar-refractivity contribution in [3.63, 3.8) is 0 Å². The summed E-state index contributed by atoms with van der Waals surface area (Å²) in [6.45, 7) is 12.9. The SMILES string of the molecule is [C-]#[N+]c1ccc(CN2CCN3CCCC3C2)cc1. The average molecular weight is 241 g/mol. The van der Waals surface area contributed by atoms with E-state index in [0.29, 0.717) is 0 Å². The lowest BCUT2D eigenvalue weighted by atomic mass is 10.1. The summed E-state index contributed by atoms with van der Waals surface area (Å²) in [6.07, 6.45) is 2.74. The minimum atomic E-state index is 0.736. The van der Waals surface area contributed by atoms with Crippen LogP contribution >= 0.6 is 0 Å². The van der Waals surface area contributed by atoms with Crippen LogP contribution in [0, 0.1) is 6.57 Å². The highest BCUT2D eigenvalue weighted by Crippen LogP contribution is 2.23. The van der Waals surface area contributed by atoms with Crippen LogP contribution < -0.4 is 0 Å². The Labute approximate surface area is 109 Å². The zero-order chi connectivity index (χ0) is 12.4. The summed E-state index contributed by atoms with van der Waals surface area (Å²) in [7, 11) is 0. The van der Waals surface area contributed by atoms with Crippen molar-refractivity contribution in [3.05, 3.63) is 41.2 Å². The summed E-state index contributed by atoms with van der Waals surface area (Å²) in [4.78, 5) is 8.62. The average Bonchev–Trinajstić information content (AvgIpc) is 2.87. The number of rotatable bonds is 2. The molecule has 2 aliphatic rings. The normalized spacial score (nSPS) is 24.7. The van der Waals surface area contributed by atoms with E-state index >= 15 is 0 Å². The van der Waals surface area contributed by atoms with Gasteiger partial charge < -0.3 is 0 Å². The molecule has 0 radical (unpaired) electrons. The van der Waals surface area contributed by atoms with Crippen molar-refractivity contribution in [2.75, 3.05) is 26.2 Å². The zero-order valence-corrected chi connectivity index (χ0v) is 10.7. The van der Waals surface area contributed by atoms with Gasteiger partial charge in [-0.15, -0.1) is 0 Å². The van der Waals surface area contributed by atoms with Gasteiger partial charge in [0.1, 0.15) is 0 Å². The molecule has 0 bridgehead atoms. The van der Waals surface area contributed by atoms with E-state index in [9.17, 15) is 0 Å². The lowest BCUT2D eigenvalue weighted by Crippen LogP contribution is -2.49. The first kappa shape index (κ1) is 11.7. The van der Waals surface area contributed by atoms with Gasteiger partial charge in [-0.3, -0.25) is 9.80 Å². The molecular formula is C15H19N3. The number of fused-ring (bicyclic) bond motifs is 1. The van der Waals surface area contributed by atoms with Gasteiger partial charge in [0.05, 0.1) is 6.57 Å². The van der Waals surface area contributed by atoms with Gasteiger partial charge in [-0.05, 0) is 24.9 Å². The second kappa shape index (κ2) is 5.09. The monoisotopic (exact) mass is 241 g/mol. The fourth-order valence-electron chi connectivity index (χ4n) is 3.13. The number of benzene rings is 1. The van der Waals surface area contributed by atoms with Gasteiger partial charge in [0.25, 0.3) is 0 Å². The first-order valence-electron chi connectivity index (χ1n) is 6.78. The Balaban J connectivity index is 1.60. The second-order valence-corrected chi connectivity index (χ2v) is 5.35. The van der Waals surface area contributed by atoms with E-state index in [1.165, 1.54) is 44.6 Å². The van der Waals surface area contributed by atoms with Crippen molar-refractivity contribution in [1.29, 1.82) is 0 Å². The van der Waals surface area contributed by atoms with Gasteiger partial charge in [-0.1, -0.05) is 24.3 Å². The van der Waals surface area contributed by atoms with Gasteiger partial charge in [0.2, 0.25) is 0 Å². The molecule has 3 heteroatoms. The smallest absolute Gasteiger partial charge is 0.187 e. The number of hydrogen-bond acceptors (Lipinski definition) is 2. The van der Waals surface area contributed by atoms with Crippen LogP contribution in [0.3, 0.4) is 0 Å². The quantitative estimate of drug-likeness (QED) is 0.737. The van der Waals surface area contributed by atoms with Crippen molar-refractivity contribution < 1.29 is 0 Å². The Morgan fingerprint density at radius 3 is 2.78 bits per heavy atom. The first-order chi connectivity index (χ1) is 8.85. The molecule has 18 heavy (non-hydrogen) atoms. The van der Waals surface area contributed by atoms with E-state index in [2.05, 4.69) is 26.8 Å². The molecular weight excluding hydrogens is 222 g/mol. The summed E-state index contributed by atoms with van der Waals surface area (Å²) < 4.78 is 0. The molecule has 1 aromatic rings. The summed E-state index contributed by atoms with van der Waals surface area (Å²) in [5, 5.41) is 0. The number of piperazine rings is 1. The molecule has 1 aromatic carbocycles. The van der Waals surface area contributed by atoms with Crippen LogP contribution in [0.2, 0.25) is 0 Å². The molecule has 2 heterocycles. The zero-order valence-electron chi connectivity index (χ0n) is 10.7. The highest BCUT2D eigenvalue weighted by Gasteiger charge is 2.30. The maximum absolute atomic E-state index is 6.96.